The van der Waals surface area contributed by atoms with E-state index in [4.69, 9.17) is 0 Å². The lowest BCUT2D eigenvalue weighted by Gasteiger charge is -2.02. The molecule has 0 aliphatic carbocycles. The maximum atomic E-state index is 11.4. The molecule has 2 nitrogen and oxygen atoms in total. The summed E-state index contributed by atoms with van der Waals surface area (Å²) in [5.41, 5.74) is 2.06. The van der Waals surface area contributed by atoms with Crippen LogP contribution < -0.4 is 0 Å². The Labute approximate surface area is 110 Å². The Balaban J connectivity index is 2.51. The van der Waals surface area contributed by atoms with Gasteiger partial charge in [0.2, 0.25) is 0 Å². The van der Waals surface area contributed by atoms with Crippen molar-refractivity contribution in [2.45, 2.75) is 13.8 Å². The topological polar surface area (TPSA) is 37.3 Å². The molecule has 0 amide bonds. The van der Waals surface area contributed by atoms with E-state index < -0.39 is 5.97 Å². The molecule has 0 bridgehead atoms. The highest BCUT2D eigenvalue weighted by Gasteiger charge is 2.14. The van der Waals surface area contributed by atoms with Gasteiger partial charge in [0, 0.05) is 15.3 Å². The van der Waals surface area contributed by atoms with Gasteiger partial charge < -0.3 is 5.11 Å². The van der Waals surface area contributed by atoms with Gasteiger partial charge in [-0.25, -0.2) is 4.79 Å². The molecule has 1 aromatic heterocycles. The summed E-state index contributed by atoms with van der Waals surface area (Å²) in [4.78, 5) is 13.6. The van der Waals surface area contributed by atoms with Gasteiger partial charge >= 0.3 is 5.97 Å². The molecule has 0 atom stereocenters. The van der Waals surface area contributed by atoms with E-state index in [1.54, 1.807) is 17.4 Å². The van der Waals surface area contributed by atoms with E-state index in [0.29, 0.717) is 5.57 Å². The van der Waals surface area contributed by atoms with Crippen LogP contribution in [-0.2, 0) is 4.79 Å². The molecule has 0 aliphatic rings. The summed E-state index contributed by atoms with van der Waals surface area (Å²) in [6, 6.07) is 11.4. The number of hydrogen-bond donors (Lipinski definition) is 1. The highest BCUT2D eigenvalue weighted by molar-refractivity contribution is 7.12. The first kappa shape index (κ1) is 12.6. The SMILES string of the molecule is Cc1cc(/C(=C/c2ccccc2)C(=O)O)c(C)s1. The third kappa shape index (κ3) is 2.68. The molecule has 2 aromatic rings. The van der Waals surface area contributed by atoms with Crippen LogP contribution >= 0.6 is 11.3 Å². The van der Waals surface area contributed by atoms with Crippen LogP contribution in [0.25, 0.3) is 11.6 Å². The Bertz CT molecular complexity index is 594. The van der Waals surface area contributed by atoms with E-state index in [9.17, 15) is 9.90 Å². The normalized spacial score (nSPS) is 11.6. The van der Waals surface area contributed by atoms with E-state index >= 15 is 0 Å². The summed E-state index contributed by atoms with van der Waals surface area (Å²) in [6.45, 7) is 3.94. The quantitative estimate of drug-likeness (QED) is 0.845. The summed E-state index contributed by atoms with van der Waals surface area (Å²) in [5.74, 6) is -0.889. The minimum Gasteiger partial charge on any atom is -0.478 e. The van der Waals surface area contributed by atoms with Gasteiger partial charge in [0.15, 0.2) is 0 Å². The van der Waals surface area contributed by atoms with Crippen molar-refractivity contribution >= 4 is 29.0 Å². The molecular formula is C15H14O2S. The number of carboxylic acids is 1. The molecule has 0 saturated heterocycles. The first-order chi connectivity index (χ1) is 8.58. The zero-order chi connectivity index (χ0) is 13.1. The number of carbonyl (C=O) groups is 1. The van der Waals surface area contributed by atoms with Gasteiger partial charge in [-0.15, -0.1) is 11.3 Å². The Morgan fingerprint density at radius 2 is 1.89 bits per heavy atom. The number of rotatable bonds is 3. The molecule has 2 rings (SSSR count). The monoisotopic (exact) mass is 258 g/mol. The fraction of sp³-hybridized carbons (Fsp3) is 0.133. The summed E-state index contributed by atoms with van der Waals surface area (Å²) < 4.78 is 0. The molecule has 0 aliphatic heterocycles. The lowest BCUT2D eigenvalue weighted by molar-refractivity contribution is -0.130. The minimum absolute atomic E-state index is 0.350. The predicted molar refractivity (Wildman–Crippen MR) is 75.7 cm³/mol. The summed E-state index contributed by atoms with van der Waals surface area (Å²) in [6.07, 6.45) is 1.72. The Morgan fingerprint density at radius 1 is 1.22 bits per heavy atom. The van der Waals surface area contributed by atoms with Crippen LogP contribution in [0.4, 0.5) is 0 Å². The fourth-order valence-electron chi connectivity index (χ4n) is 1.87. The molecule has 18 heavy (non-hydrogen) atoms. The van der Waals surface area contributed by atoms with Crippen molar-refractivity contribution in [2.75, 3.05) is 0 Å². The Kier molecular flexibility index (Phi) is 3.63. The largest absolute Gasteiger partial charge is 0.478 e. The van der Waals surface area contributed by atoms with Crippen LogP contribution in [0.2, 0.25) is 0 Å². The second-order valence-electron chi connectivity index (χ2n) is 4.10. The van der Waals surface area contributed by atoms with Crippen molar-refractivity contribution in [3.63, 3.8) is 0 Å². The van der Waals surface area contributed by atoms with E-state index in [2.05, 4.69) is 0 Å². The van der Waals surface area contributed by atoms with Gasteiger partial charge in [0.25, 0.3) is 0 Å². The summed E-state index contributed by atoms with van der Waals surface area (Å²) in [7, 11) is 0. The van der Waals surface area contributed by atoms with Gasteiger partial charge in [0.05, 0.1) is 5.57 Å². The van der Waals surface area contributed by atoms with E-state index in [1.807, 2.05) is 50.2 Å². The summed E-state index contributed by atoms with van der Waals surface area (Å²) >= 11 is 1.62. The smallest absolute Gasteiger partial charge is 0.336 e. The number of carboxylic acid groups (broad SMARTS) is 1. The second kappa shape index (κ2) is 5.19. The van der Waals surface area contributed by atoms with Crippen molar-refractivity contribution in [3.05, 3.63) is 57.3 Å². The Hall–Kier alpha value is -1.87. The molecule has 0 saturated carbocycles. The molecule has 0 spiro atoms. The van der Waals surface area contributed by atoms with Crippen LogP contribution in [0, 0.1) is 13.8 Å². The van der Waals surface area contributed by atoms with Crippen LogP contribution in [0.15, 0.2) is 36.4 Å². The number of benzene rings is 1. The van der Waals surface area contributed by atoms with Crippen molar-refractivity contribution in [3.8, 4) is 0 Å². The third-order valence-electron chi connectivity index (χ3n) is 2.67. The molecule has 3 heteroatoms. The molecule has 0 unspecified atom stereocenters. The number of aliphatic carboxylic acids is 1. The second-order valence-corrected chi connectivity index (χ2v) is 5.56. The van der Waals surface area contributed by atoms with Crippen LogP contribution in [-0.4, -0.2) is 11.1 Å². The highest BCUT2D eigenvalue weighted by atomic mass is 32.1. The van der Waals surface area contributed by atoms with Gasteiger partial charge in [-0.05, 0) is 31.6 Å². The third-order valence-corrected chi connectivity index (χ3v) is 3.64. The first-order valence-corrected chi connectivity index (χ1v) is 6.47. The van der Waals surface area contributed by atoms with E-state index in [0.717, 1.165) is 20.9 Å². The average molecular weight is 258 g/mol. The van der Waals surface area contributed by atoms with Crippen molar-refractivity contribution in [1.82, 2.24) is 0 Å². The molecular weight excluding hydrogens is 244 g/mol. The van der Waals surface area contributed by atoms with Crippen molar-refractivity contribution in [1.29, 1.82) is 0 Å². The van der Waals surface area contributed by atoms with Crippen LogP contribution in [0.5, 0.6) is 0 Å². The molecule has 92 valence electrons. The van der Waals surface area contributed by atoms with E-state index in [-0.39, 0.29) is 0 Å². The zero-order valence-electron chi connectivity index (χ0n) is 10.3. The van der Waals surface area contributed by atoms with Crippen molar-refractivity contribution in [2.24, 2.45) is 0 Å². The fourth-order valence-corrected chi connectivity index (χ4v) is 2.81. The first-order valence-electron chi connectivity index (χ1n) is 5.65. The lowest BCUT2D eigenvalue weighted by Crippen LogP contribution is -1.99. The average Bonchev–Trinajstić information content (AvgIpc) is 2.66. The van der Waals surface area contributed by atoms with Crippen LogP contribution in [0.1, 0.15) is 20.9 Å². The van der Waals surface area contributed by atoms with Gasteiger partial charge in [-0.2, -0.15) is 0 Å². The maximum absolute atomic E-state index is 11.4. The molecule has 0 fully saturated rings. The van der Waals surface area contributed by atoms with Crippen molar-refractivity contribution < 1.29 is 9.90 Å². The number of aryl methyl sites for hydroxylation is 2. The molecule has 0 radical (unpaired) electrons. The van der Waals surface area contributed by atoms with Crippen LogP contribution in [0.3, 0.4) is 0 Å². The lowest BCUT2D eigenvalue weighted by atomic mass is 10.0. The maximum Gasteiger partial charge on any atom is 0.336 e. The Morgan fingerprint density at radius 3 is 2.39 bits per heavy atom. The highest BCUT2D eigenvalue weighted by Crippen LogP contribution is 2.28. The van der Waals surface area contributed by atoms with E-state index in [1.165, 1.54) is 0 Å². The molecule has 1 N–H and O–H groups in total. The summed E-state index contributed by atoms with van der Waals surface area (Å²) in [5, 5.41) is 9.36. The minimum atomic E-state index is -0.889. The molecule has 1 aromatic carbocycles. The van der Waals surface area contributed by atoms with Gasteiger partial charge in [-0.3, -0.25) is 0 Å². The number of thiophene rings is 1. The van der Waals surface area contributed by atoms with Gasteiger partial charge in [-0.1, -0.05) is 30.3 Å². The molecule has 1 heterocycles. The standard InChI is InChI=1S/C15H14O2S/c1-10-8-13(11(2)18-10)14(15(16)17)9-12-6-4-3-5-7-12/h3-9H,1-2H3,(H,16,17)/b14-9-. The predicted octanol–water partition coefficient (Wildman–Crippen LogP) is 3.99. The number of hydrogen-bond acceptors (Lipinski definition) is 2. The zero-order valence-corrected chi connectivity index (χ0v) is 11.1. The van der Waals surface area contributed by atoms with Gasteiger partial charge in [0.1, 0.15) is 0 Å².